The van der Waals surface area contributed by atoms with E-state index in [0.717, 1.165) is 5.56 Å². The lowest BCUT2D eigenvalue weighted by molar-refractivity contribution is -0.142. The number of thiazole rings is 1. The van der Waals surface area contributed by atoms with Crippen molar-refractivity contribution in [3.8, 4) is 11.5 Å². The van der Waals surface area contributed by atoms with E-state index in [1.54, 1.807) is 30.7 Å². The van der Waals surface area contributed by atoms with Crippen molar-refractivity contribution < 1.29 is 19.4 Å². The molecule has 0 aliphatic carbocycles. The summed E-state index contributed by atoms with van der Waals surface area (Å²) in [5.74, 6) is 0.144. The molecule has 7 nitrogen and oxygen atoms in total. The minimum Gasteiger partial charge on any atom is -0.504 e. The molecule has 0 atom stereocenters. The summed E-state index contributed by atoms with van der Waals surface area (Å²) < 4.78 is 9.89. The number of hydrogen-bond acceptors (Lipinski definition) is 8. The Bertz CT molecular complexity index is 700. The Labute approximate surface area is 137 Å². The number of carbonyl (C=O) groups is 1. The van der Waals surface area contributed by atoms with Gasteiger partial charge in [0.1, 0.15) is 0 Å². The van der Waals surface area contributed by atoms with E-state index in [-0.39, 0.29) is 18.1 Å². The van der Waals surface area contributed by atoms with Crippen LogP contribution in [0.25, 0.3) is 0 Å². The zero-order valence-corrected chi connectivity index (χ0v) is 13.6. The normalized spacial score (nSPS) is 10.7. The van der Waals surface area contributed by atoms with Crippen LogP contribution in [0, 0.1) is 0 Å². The van der Waals surface area contributed by atoms with Crippen LogP contribution in [0.2, 0.25) is 0 Å². The first-order chi connectivity index (χ1) is 11.1. The van der Waals surface area contributed by atoms with Crippen molar-refractivity contribution in [2.24, 2.45) is 5.10 Å². The minimum absolute atomic E-state index is 0.0705. The fraction of sp³-hybridized carbons (Fsp3) is 0.267. The highest BCUT2D eigenvalue weighted by Crippen LogP contribution is 2.25. The monoisotopic (exact) mass is 335 g/mol. The molecule has 1 heterocycles. The summed E-state index contributed by atoms with van der Waals surface area (Å²) >= 11 is 1.35. The lowest BCUT2D eigenvalue weighted by Crippen LogP contribution is -2.07. The van der Waals surface area contributed by atoms with E-state index in [9.17, 15) is 9.90 Å². The predicted octanol–water partition coefficient (Wildman–Crippen LogP) is 2.41. The van der Waals surface area contributed by atoms with Crippen LogP contribution in [0.4, 0.5) is 5.13 Å². The van der Waals surface area contributed by atoms with E-state index in [0.29, 0.717) is 23.2 Å². The summed E-state index contributed by atoms with van der Waals surface area (Å²) in [6, 6.07) is 4.90. The van der Waals surface area contributed by atoms with Gasteiger partial charge in [0.25, 0.3) is 0 Å². The van der Waals surface area contributed by atoms with Crippen LogP contribution < -0.4 is 10.2 Å². The number of hydrogen-bond donors (Lipinski definition) is 2. The van der Waals surface area contributed by atoms with Gasteiger partial charge in [-0.15, -0.1) is 11.3 Å². The highest BCUT2D eigenvalue weighted by Gasteiger charge is 2.08. The molecule has 0 aliphatic rings. The van der Waals surface area contributed by atoms with E-state index < -0.39 is 0 Å². The Morgan fingerprint density at radius 1 is 1.52 bits per heavy atom. The van der Waals surface area contributed by atoms with Gasteiger partial charge in [-0.3, -0.25) is 10.2 Å². The number of nitrogens with zero attached hydrogens (tertiary/aromatic N) is 2. The largest absolute Gasteiger partial charge is 0.504 e. The lowest BCUT2D eigenvalue weighted by atomic mass is 10.2. The Morgan fingerprint density at radius 3 is 3.09 bits per heavy atom. The molecule has 0 amide bonds. The number of nitrogens with one attached hydrogen (secondary N) is 1. The van der Waals surface area contributed by atoms with Crippen molar-refractivity contribution >= 4 is 28.7 Å². The number of rotatable bonds is 7. The van der Waals surface area contributed by atoms with Crippen molar-refractivity contribution in [2.75, 3.05) is 19.1 Å². The average Bonchev–Trinajstić information content (AvgIpc) is 2.96. The van der Waals surface area contributed by atoms with Gasteiger partial charge in [-0.05, 0) is 30.7 Å². The fourth-order valence-corrected chi connectivity index (χ4v) is 2.40. The van der Waals surface area contributed by atoms with Crippen molar-refractivity contribution in [1.82, 2.24) is 4.98 Å². The number of methoxy groups -OCH3 is 1. The van der Waals surface area contributed by atoms with Gasteiger partial charge in [-0.1, -0.05) is 0 Å². The Kier molecular flexibility index (Phi) is 5.93. The van der Waals surface area contributed by atoms with Gasteiger partial charge in [0.2, 0.25) is 5.13 Å². The first-order valence-electron chi connectivity index (χ1n) is 6.88. The zero-order valence-electron chi connectivity index (χ0n) is 12.8. The van der Waals surface area contributed by atoms with Crippen LogP contribution in [0.1, 0.15) is 18.2 Å². The molecule has 2 rings (SSSR count). The SMILES string of the molecule is CCOC(=O)Cc1csc(NN=Cc2ccc(O)c(OC)c2)n1. The van der Waals surface area contributed by atoms with Gasteiger partial charge in [0.05, 0.1) is 32.0 Å². The number of ether oxygens (including phenoxy) is 2. The second kappa shape index (κ2) is 8.14. The van der Waals surface area contributed by atoms with Crippen LogP contribution in [-0.2, 0) is 16.0 Å². The first kappa shape index (κ1) is 16.8. The summed E-state index contributed by atoms with van der Waals surface area (Å²) in [5, 5.41) is 15.9. The van der Waals surface area contributed by atoms with Gasteiger partial charge in [0.15, 0.2) is 11.5 Å². The summed E-state index contributed by atoms with van der Waals surface area (Å²) in [7, 11) is 1.48. The Balaban J connectivity index is 1.93. The van der Waals surface area contributed by atoms with E-state index in [4.69, 9.17) is 9.47 Å². The van der Waals surface area contributed by atoms with E-state index in [1.807, 2.05) is 0 Å². The predicted molar refractivity (Wildman–Crippen MR) is 88.3 cm³/mol. The van der Waals surface area contributed by atoms with Crippen molar-refractivity contribution in [3.05, 3.63) is 34.8 Å². The number of benzene rings is 1. The maximum atomic E-state index is 11.4. The van der Waals surface area contributed by atoms with Crippen molar-refractivity contribution in [1.29, 1.82) is 0 Å². The topological polar surface area (TPSA) is 93.0 Å². The molecule has 0 spiro atoms. The molecule has 23 heavy (non-hydrogen) atoms. The molecule has 0 bridgehead atoms. The molecule has 0 aliphatic heterocycles. The molecule has 0 unspecified atom stereocenters. The molecule has 0 saturated heterocycles. The summed E-state index contributed by atoms with van der Waals surface area (Å²) in [6.07, 6.45) is 1.72. The Morgan fingerprint density at radius 2 is 2.35 bits per heavy atom. The van der Waals surface area contributed by atoms with E-state index in [2.05, 4.69) is 15.5 Å². The first-order valence-corrected chi connectivity index (χ1v) is 7.76. The van der Waals surface area contributed by atoms with Gasteiger partial charge >= 0.3 is 5.97 Å². The zero-order chi connectivity index (χ0) is 16.7. The Hall–Kier alpha value is -2.61. The lowest BCUT2D eigenvalue weighted by Gasteiger charge is -2.03. The minimum atomic E-state index is -0.302. The van der Waals surface area contributed by atoms with Crippen molar-refractivity contribution in [3.63, 3.8) is 0 Å². The molecule has 0 radical (unpaired) electrons. The summed E-state index contributed by atoms with van der Waals surface area (Å²) in [4.78, 5) is 15.6. The van der Waals surface area contributed by atoms with Gasteiger partial charge in [-0.25, -0.2) is 4.98 Å². The van der Waals surface area contributed by atoms with Crippen LogP contribution in [0.5, 0.6) is 11.5 Å². The molecule has 2 N–H and O–H groups in total. The molecule has 0 fully saturated rings. The standard InChI is InChI=1S/C15H17N3O4S/c1-3-22-14(20)7-11-9-23-15(17-11)18-16-8-10-4-5-12(19)13(6-10)21-2/h4-6,8-9,19H,3,7H2,1-2H3,(H,17,18). The molecular weight excluding hydrogens is 318 g/mol. The number of phenols is 1. The van der Waals surface area contributed by atoms with E-state index in [1.165, 1.54) is 24.5 Å². The van der Waals surface area contributed by atoms with Crippen molar-refractivity contribution in [2.45, 2.75) is 13.3 Å². The quantitative estimate of drug-likeness (QED) is 0.458. The number of aromatic hydroxyl groups is 1. The smallest absolute Gasteiger partial charge is 0.311 e. The summed E-state index contributed by atoms with van der Waals surface area (Å²) in [6.45, 7) is 2.12. The second-order valence-electron chi connectivity index (χ2n) is 4.43. The van der Waals surface area contributed by atoms with Gasteiger partial charge < -0.3 is 14.6 Å². The van der Waals surface area contributed by atoms with Gasteiger partial charge in [-0.2, -0.15) is 5.10 Å². The molecular formula is C15H17N3O4S. The molecule has 8 heteroatoms. The number of esters is 1. The van der Waals surface area contributed by atoms with Gasteiger partial charge in [0, 0.05) is 5.38 Å². The fourth-order valence-electron chi connectivity index (χ4n) is 1.74. The number of aromatic nitrogens is 1. The third kappa shape index (κ3) is 4.96. The highest BCUT2D eigenvalue weighted by molar-refractivity contribution is 7.13. The molecule has 0 saturated carbocycles. The third-order valence-electron chi connectivity index (χ3n) is 2.76. The molecule has 2 aromatic rings. The molecule has 1 aromatic heterocycles. The van der Waals surface area contributed by atoms with Crippen LogP contribution in [0.15, 0.2) is 28.7 Å². The average molecular weight is 335 g/mol. The maximum Gasteiger partial charge on any atom is 0.311 e. The molecule has 1 aromatic carbocycles. The second-order valence-corrected chi connectivity index (χ2v) is 5.29. The molecule has 122 valence electrons. The number of hydrazone groups is 1. The maximum absolute atomic E-state index is 11.4. The van der Waals surface area contributed by atoms with Crippen LogP contribution >= 0.6 is 11.3 Å². The van der Waals surface area contributed by atoms with Crippen LogP contribution in [0.3, 0.4) is 0 Å². The number of anilines is 1. The third-order valence-corrected chi connectivity index (χ3v) is 3.56. The highest BCUT2D eigenvalue weighted by atomic mass is 32.1. The van der Waals surface area contributed by atoms with Crippen LogP contribution in [-0.4, -0.2) is 36.0 Å². The number of phenolic OH excluding ortho intramolecular Hbond substituents is 1. The number of carbonyl (C=O) groups excluding carboxylic acids is 1. The summed E-state index contributed by atoms with van der Waals surface area (Å²) in [5.41, 5.74) is 4.19. The van der Waals surface area contributed by atoms with E-state index >= 15 is 0 Å².